The molecule has 0 saturated carbocycles. The Hall–Kier alpha value is -2.88. The van der Waals surface area contributed by atoms with Gasteiger partial charge in [-0.1, -0.05) is 12.1 Å². The highest BCUT2D eigenvalue weighted by Gasteiger charge is 2.29. The summed E-state index contributed by atoms with van der Waals surface area (Å²) >= 11 is 1.67. The molecule has 1 aliphatic rings. The number of ether oxygens (including phenoxy) is 1. The van der Waals surface area contributed by atoms with Crippen LogP contribution in [0.5, 0.6) is 5.75 Å². The summed E-state index contributed by atoms with van der Waals surface area (Å²) in [5, 5.41) is 4.00. The van der Waals surface area contributed by atoms with Gasteiger partial charge in [-0.3, -0.25) is 4.79 Å². The SMILES string of the molecule is Cc1sc2ncnc(N3CCC(C(=O)NCc4cccc(OCC(F)(F)F)c4)CC3)c2c1C. The molecule has 1 aromatic carbocycles. The van der Waals surface area contributed by atoms with Gasteiger partial charge >= 0.3 is 6.18 Å². The number of amides is 1. The van der Waals surface area contributed by atoms with Gasteiger partial charge in [-0.05, 0) is 49.9 Å². The fourth-order valence-electron chi connectivity index (χ4n) is 4.00. The van der Waals surface area contributed by atoms with E-state index in [1.165, 1.54) is 22.6 Å². The van der Waals surface area contributed by atoms with E-state index < -0.39 is 12.8 Å². The van der Waals surface area contributed by atoms with Crippen LogP contribution in [0.15, 0.2) is 30.6 Å². The van der Waals surface area contributed by atoms with E-state index in [0.717, 1.165) is 29.1 Å². The van der Waals surface area contributed by atoms with Gasteiger partial charge in [0.1, 0.15) is 22.7 Å². The normalized spacial score (nSPS) is 15.1. The standard InChI is InChI=1S/C23H25F3N4O2S/c1-14-15(2)33-22-19(14)20(28-13-29-22)30-8-6-17(7-9-30)21(31)27-11-16-4-3-5-18(10-16)32-12-23(24,25)26/h3-5,10,13,17H,6-9,11-12H2,1-2H3,(H,27,31). The molecular formula is C23H25F3N4O2S. The molecule has 6 nitrogen and oxygen atoms in total. The number of aromatic nitrogens is 2. The Labute approximate surface area is 193 Å². The number of halogens is 3. The molecule has 0 unspecified atom stereocenters. The molecule has 0 atom stereocenters. The zero-order valence-corrected chi connectivity index (χ0v) is 19.2. The van der Waals surface area contributed by atoms with E-state index in [1.807, 2.05) is 0 Å². The number of hydrogen-bond acceptors (Lipinski definition) is 6. The summed E-state index contributed by atoms with van der Waals surface area (Å²) in [4.78, 5) is 26.0. The van der Waals surface area contributed by atoms with Gasteiger partial charge in [-0.2, -0.15) is 13.2 Å². The summed E-state index contributed by atoms with van der Waals surface area (Å²) in [6, 6.07) is 6.34. The molecule has 176 valence electrons. The van der Waals surface area contributed by atoms with E-state index in [1.54, 1.807) is 29.8 Å². The number of benzene rings is 1. The Morgan fingerprint density at radius 1 is 1.24 bits per heavy atom. The molecule has 0 spiro atoms. The third-order valence-electron chi connectivity index (χ3n) is 5.88. The van der Waals surface area contributed by atoms with Crippen molar-refractivity contribution in [3.8, 4) is 5.75 Å². The molecule has 1 amide bonds. The largest absolute Gasteiger partial charge is 0.484 e. The molecule has 0 radical (unpaired) electrons. The zero-order valence-electron chi connectivity index (χ0n) is 18.4. The van der Waals surface area contributed by atoms with E-state index in [9.17, 15) is 18.0 Å². The van der Waals surface area contributed by atoms with Crippen LogP contribution < -0.4 is 15.0 Å². The maximum atomic E-state index is 12.7. The summed E-state index contributed by atoms with van der Waals surface area (Å²) in [7, 11) is 0. The molecule has 2 aromatic heterocycles. The van der Waals surface area contributed by atoms with Crippen molar-refractivity contribution in [3.63, 3.8) is 0 Å². The quantitative estimate of drug-likeness (QED) is 0.552. The molecule has 33 heavy (non-hydrogen) atoms. The third-order valence-corrected chi connectivity index (χ3v) is 6.99. The smallest absolute Gasteiger partial charge is 0.422 e. The van der Waals surface area contributed by atoms with E-state index in [-0.39, 0.29) is 24.1 Å². The number of anilines is 1. The van der Waals surface area contributed by atoms with Crippen LogP contribution in [0.3, 0.4) is 0 Å². The number of nitrogens with one attached hydrogen (secondary N) is 1. The first-order valence-electron chi connectivity index (χ1n) is 10.7. The highest BCUT2D eigenvalue weighted by molar-refractivity contribution is 7.18. The molecule has 1 saturated heterocycles. The summed E-state index contributed by atoms with van der Waals surface area (Å²) < 4.78 is 41.8. The average Bonchev–Trinajstić information content (AvgIpc) is 3.09. The molecule has 4 rings (SSSR count). The van der Waals surface area contributed by atoms with Crippen molar-refractivity contribution in [3.05, 3.63) is 46.6 Å². The van der Waals surface area contributed by atoms with Gasteiger partial charge in [0.15, 0.2) is 6.61 Å². The molecule has 3 aromatic rings. The van der Waals surface area contributed by atoms with Gasteiger partial charge in [-0.25, -0.2) is 9.97 Å². The van der Waals surface area contributed by atoms with Crippen LogP contribution in [0.1, 0.15) is 28.8 Å². The van der Waals surface area contributed by atoms with E-state index in [2.05, 4.69) is 34.0 Å². The number of hydrogen-bond donors (Lipinski definition) is 1. The van der Waals surface area contributed by atoms with Gasteiger partial charge in [-0.15, -0.1) is 11.3 Å². The fraction of sp³-hybridized carbons (Fsp3) is 0.435. The van der Waals surface area contributed by atoms with Crippen LogP contribution in [0.25, 0.3) is 10.2 Å². The van der Waals surface area contributed by atoms with Crippen LogP contribution in [-0.4, -0.2) is 41.7 Å². The highest BCUT2D eigenvalue weighted by atomic mass is 32.1. The van der Waals surface area contributed by atoms with Crippen molar-refractivity contribution < 1.29 is 22.7 Å². The molecule has 1 fully saturated rings. The predicted octanol–water partition coefficient (Wildman–Crippen LogP) is 4.78. The number of fused-ring (bicyclic) bond motifs is 1. The number of thiophene rings is 1. The van der Waals surface area contributed by atoms with Crippen molar-refractivity contribution in [1.29, 1.82) is 0 Å². The lowest BCUT2D eigenvalue weighted by Crippen LogP contribution is -2.40. The van der Waals surface area contributed by atoms with E-state index >= 15 is 0 Å². The van der Waals surface area contributed by atoms with Gasteiger partial charge in [0.25, 0.3) is 0 Å². The van der Waals surface area contributed by atoms with Crippen molar-refractivity contribution >= 4 is 33.3 Å². The topological polar surface area (TPSA) is 67.4 Å². The first-order valence-corrected chi connectivity index (χ1v) is 11.5. The average molecular weight is 479 g/mol. The van der Waals surface area contributed by atoms with Crippen molar-refractivity contribution in [2.24, 2.45) is 5.92 Å². The Bertz CT molecular complexity index is 1140. The number of carbonyl (C=O) groups excluding carboxylic acids is 1. The second kappa shape index (κ2) is 9.54. The van der Waals surface area contributed by atoms with E-state index in [0.29, 0.717) is 18.4 Å². The minimum absolute atomic E-state index is 0.0494. The predicted molar refractivity (Wildman–Crippen MR) is 122 cm³/mol. The molecule has 0 aliphatic carbocycles. The summed E-state index contributed by atoms with van der Waals surface area (Å²) in [6.07, 6.45) is -1.39. The van der Waals surface area contributed by atoms with Crippen LogP contribution in [-0.2, 0) is 11.3 Å². The molecular weight excluding hydrogens is 453 g/mol. The lowest BCUT2D eigenvalue weighted by Gasteiger charge is -2.32. The summed E-state index contributed by atoms with van der Waals surface area (Å²) in [6.45, 7) is 4.51. The van der Waals surface area contributed by atoms with Gasteiger partial charge in [0, 0.05) is 30.4 Å². The van der Waals surface area contributed by atoms with Crippen molar-refractivity contribution in [2.75, 3.05) is 24.6 Å². The van der Waals surface area contributed by atoms with Crippen LogP contribution in [0.2, 0.25) is 0 Å². The Balaban J connectivity index is 1.32. The number of aryl methyl sites for hydroxylation is 2. The highest BCUT2D eigenvalue weighted by Crippen LogP contribution is 2.35. The Morgan fingerprint density at radius 2 is 2.00 bits per heavy atom. The van der Waals surface area contributed by atoms with Crippen LogP contribution in [0.4, 0.5) is 19.0 Å². The first-order chi connectivity index (χ1) is 15.7. The maximum Gasteiger partial charge on any atom is 0.422 e. The van der Waals surface area contributed by atoms with Crippen LogP contribution in [0, 0.1) is 19.8 Å². The molecule has 1 aliphatic heterocycles. The second-order valence-corrected chi connectivity index (χ2v) is 9.39. The number of carbonyl (C=O) groups is 1. The van der Waals surface area contributed by atoms with Crippen LogP contribution >= 0.6 is 11.3 Å². The number of nitrogens with zero attached hydrogens (tertiary/aromatic N) is 3. The summed E-state index contributed by atoms with van der Waals surface area (Å²) in [5.41, 5.74) is 1.89. The summed E-state index contributed by atoms with van der Waals surface area (Å²) in [5.74, 6) is 0.888. The monoisotopic (exact) mass is 478 g/mol. The lowest BCUT2D eigenvalue weighted by molar-refractivity contribution is -0.153. The first kappa shape index (κ1) is 23.3. The van der Waals surface area contributed by atoms with E-state index in [4.69, 9.17) is 4.74 Å². The Morgan fingerprint density at radius 3 is 2.73 bits per heavy atom. The zero-order chi connectivity index (χ0) is 23.6. The lowest BCUT2D eigenvalue weighted by atomic mass is 9.95. The Kier molecular flexibility index (Phi) is 6.73. The minimum atomic E-state index is -4.39. The van der Waals surface area contributed by atoms with Gasteiger partial charge in [0.2, 0.25) is 5.91 Å². The number of rotatable bonds is 6. The molecule has 3 heterocycles. The number of piperidine rings is 1. The molecule has 0 bridgehead atoms. The third kappa shape index (κ3) is 5.55. The van der Waals surface area contributed by atoms with Gasteiger partial charge in [0.05, 0.1) is 5.39 Å². The molecule has 10 heteroatoms. The second-order valence-electron chi connectivity index (χ2n) is 8.19. The van der Waals surface area contributed by atoms with Crippen molar-refractivity contribution in [1.82, 2.24) is 15.3 Å². The minimum Gasteiger partial charge on any atom is -0.484 e. The number of alkyl halides is 3. The maximum absolute atomic E-state index is 12.7. The van der Waals surface area contributed by atoms with Gasteiger partial charge < -0.3 is 15.0 Å². The molecule has 1 N–H and O–H groups in total. The fourth-order valence-corrected chi connectivity index (χ4v) is 4.99. The van der Waals surface area contributed by atoms with Crippen molar-refractivity contribution in [2.45, 2.75) is 39.4 Å².